The van der Waals surface area contributed by atoms with Crippen molar-refractivity contribution < 1.29 is 9.50 Å². The number of hydrogen-bond donors (Lipinski definition) is 3. The molecular formula is C17H26FN3OS. The summed E-state index contributed by atoms with van der Waals surface area (Å²) >= 11 is 1.93. The molecule has 1 saturated carbocycles. The van der Waals surface area contributed by atoms with Crippen molar-refractivity contribution in [3.05, 3.63) is 35.1 Å². The average molecular weight is 339 g/mol. The Hall–Kier alpha value is -1.27. The van der Waals surface area contributed by atoms with Crippen LogP contribution in [0.1, 0.15) is 37.3 Å². The van der Waals surface area contributed by atoms with Crippen LogP contribution in [-0.4, -0.2) is 35.2 Å². The van der Waals surface area contributed by atoms with Gasteiger partial charge in [-0.25, -0.2) is 9.38 Å². The molecule has 2 rings (SSSR count). The summed E-state index contributed by atoms with van der Waals surface area (Å²) in [6, 6.07) is 5.23. The van der Waals surface area contributed by atoms with Crippen LogP contribution in [0, 0.1) is 5.82 Å². The molecule has 0 saturated heterocycles. The summed E-state index contributed by atoms with van der Waals surface area (Å²) in [5.41, 5.74) is 1.20. The second kappa shape index (κ2) is 9.13. The summed E-state index contributed by atoms with van der Waals surface area (Å²) in [6.07, 6.45) is 5.74. The van der Waals surface area contributed by atoms with Crippen molar-refractivity contribution in [2.45, 2.75) is 50.6 Å². The van der Waals surface area contributed by atoms with Crippen molar-refractivity contribution in [2.75, 3.05) is 12.8 Å². The lowest BCUT2D eigenvalue weighted by atomic mass is 10.1. The topological polar surface area (TPSA) is 56.7 Å². The van der Waals surface area contributed by atoms with E-state index < -0.39 is 0 Å². The molecular weight excluding hydrogens is 313 g/mol. The fraction of sp³-hybridized carbons (Fsp3) is 0.588. The Labute approximate surface area is 142 Å². The highest BCUT2D eigenvalue weighted by Crippen LogP contribution is 2.28. The minimum atomic E-state index is -0.376. The van der Waals surface area contributed by atoms with Gasteiger partial charge in [-0.3, -0.25) is 0 Å². The number of nitrogens with one attached hydrogen (secondary N) is 2. The second-order valence-corrected chi connectivity index (χ2v) is 6.93. The van der Waals surface area contributed by atoms with E-state index in [2.05, 4.69) is 21.9 Å². The van der Waals surface area contributed by atoms with Gasteiger partial charge in [0.2, 0.25) is 0 Å². The van der Waals surface area contributed by atoms with Crippen LogP contribution in [0.15, 0.2) is 23.2 Å². The molecule has 2 unspecified atom stereocenters. The molecule has 1 aromatic carbocycles. The lowest BCUT2D eigenvalue weighted by molar-refractivity contribution is 0.275. The maximum atomic E-state index is 13.4. The first-order valence-electron chi connectivity index (χ1n) is 8.12. The predicted octanol–water partition coefficient (Wildman–Crippen LogP) is 2.66. The van der Waals surface area contributed by atoms with Gasteiger partial charge in [0.15, 0.2) is 5.96 Å². The number of hydrogen-bond acceptors (Lipinski definition) is 3. The van der Waals surface area contributed by atoms with Crippen LogP contribution in [0.2, 0.25) is 0 Å². The first kappa shape index (κ1) is 18.1. The normalized spacial score (nSPS) is 21.5. The maximum absolute atomic E-state index is 13.4. The van der Waals surface area contributed by atoms with E-state index in [1.807, 2.05) is 18.7 Å². The molecule has 0 radical (unpaired) electrons. The predicted molar refractivity (Wildman–Crippen MR) is 95.2 cm³/mol. The van der Waals surface area contributed by atoms with Crippen molar-refractivity contribution in [3.63, 3.8) is 0 Å². The van der Waals surface area contributed by atoms with E-state index in [-0.39, 0.29) is 12.4 Å². The fourth-order valence-corrected chi connectivity index (χ4v) is 3.61. The van der Waals surface area contributed by atoms with Crippen LogP contribution in [0.3, 0.4) is 0 Å². The summed E-state index contributed by atoms with van der Waals surface area (Å²) in [5.74, 6) is 0.424. The van der Waals surface area contributed by atoms with Gasteiger partial charge in [-0.05, 0) is 50.1 Å². The SMILES string of the molecule is CCNC(=NCc1ccc(F)c(CO)c1)NC1CCC(SC)C1. The third-order valence-electron chi connectivity index (χ3n) is 4.10. The smallest absolute Gasteiger partial charge is 0.191 e. The van der Waals surface area contributed by atoms with Gasteiger partial charge in [-0.1, -0.05) is 6.07 Å². The largest absolute Gasteiger partial charge is 0.392 e. The van der Waals surface area contributed by atoms with E-state index in [1.165, 1.54) is 18.9 Å². The average Bonchev–Trinajstić information content (AvgIpc) is 3.01. The summed E-state index contributed by atoms with van der Waals surface area (Å²) in [6.45, 7) is 3.01. The molecule has 128 valence electrons. The van der Waals surface area contributed by atoms with E-state index in [0.717, 1.165) is 29.7 Å². The van der Waals surface area contributed by atoms with Gasteiger partial charge in [0.05, 0.1) is 13.2 Å². The first-order chi connectivity index (χ1) is 11.2. The van der Waals surface area contributed by atoms with E-state index in [0.29, 0.717) is 18.2 Å². The zero-order valence-electron chi connectivity index (χ0n) is 13.8. The van der Waals surface area contributed by atoms with Gasteiger partial charge < -0.3 is 15.7 Å². The lowest BCUT2D eigenvalue weighted by Crippen LogP contribution is -2.42. The number of nitrogens with zero attached hydrogens (tertiary/aromatic N) is 1. The van der Waals surface area contributed by atoms with Crippen molar-refractivity contribution in [1.29, 1.82) is 0 Å². The van der Waals surface area contributed by atoms with E-state index in [1.54, 1.807) is 12.1 Å². The molecule has 0 heterocycles. The molecule has 1 fully saturated rings. The number of halogens is 1. The van der Waals surface area contributed by atoms with E-state index in [4.69, 9.17) is 5.11 Å². The van der Waals surface area contributed by atoms with Gasteiger partial charge in [-0.15, -0.1) is 0 Å². The molecule has 0 spiro atoms. The minimum absolute atomic E-state index is 0.292. The Bertz CT molecular complexity index is 539. The Morgan fingerprint density at radius 2 is 2.26 bits per heavy atom. The number of benzene rings is 1. The zero-order chi connectivity index (χ0) is 16.7. The number of rotatable bonds is 6. The Kier molecular flexibility index (Phi) is 7.17. The quantitative estimate of drug-likeness (QED) is 0.551. The third-order valence-corrected chi connectivity index (χ3v) is 5.20. The van der Waals surface area contributed by atoms with Crippen molar-refractivity contribution in [3.8, 4) is 0 Å². The zero-order valence-corrected chi connectivity index (χ0v) is 14.6. The number of guanidine groups is 1. The second-order valence-electron chi connectivity index (χ2n) is 5.79. The molecule has 2 atom stereocenters. The van der Waals surface area contributed by atoms with Crippen LogP contribution >= 0.6 is 11.8 Å². The van der Waals surface area contributed by atoms with Gasteiger partial charge in [0.1, 0.15) is 5.82 Å². The van der Waals surface area contributed by atoms with Crippen LogP contribution in [0.25, 0.3) is 0 Å². The fourth-order valence-electron chi connectivity index (χ4n) is 2.82. The van der Waals surface area contributed by atoms with Crippen LogP contribution in [0.5, 0.6) is 0 Å². The molecule has 0 aliphatic heterocycles. The molecule has 6 heteroatoms. The highest BCUT2D eigenvalue weighted by Gasteiger charge is 2.24. The molecule has 0 bridgehead atoms. The van der Waals surface area contributed by atoms with Gasteiger partial charge in [0, 0.05) is 23.4 Å². The third kappa shape index (κ3) is 5.39. The summed E-state index contributed by atoms with van der Waals surface area (Å²) in [4.78, 5) is 4.59. The molecule has 1 aliphatic carbocycles. The molecule has 0 amide bonds. The highest BCUT2D eigenvalue weighted by atomic mass is 32.2. The molecule has 3 N–H and O–H groups in total. The number of thioether (sulfide) groups is 1. The standard InChI is InChI=1S/C17H26FN3OS/c1-3-19-17(21-14-5-6-15(9-14)23-2)20-10-12-4-7-16(18)13(8-12)11-22/h4,7-8,14-15,22H,3,5-6,9-11H2,1-2H3,(H2,19,20,21). The Morgan fingerprint density at radius 1 is 1.43 bits per heavy atom. The lowest BCUT2D eigenvalue weighted by Gasteiger charge is -2.17. The monoisotopic (exact) mass is 339 g/mol. The van der Waals surface area contributed by atoms with Crippen molar-refractivity contribution in [2.24, 2.45) is 4.99 Å². The molecule has 4 nitrogen and oxygen atoms in total. The van der Waals surface area contributed by atoms with Gasteiger partial charge in [0.25, 0.3) is 0 Å². The van der Waals surface area contributed by atoms with Crippen LogP contribution < -0.4 is 10.6 Å². The summed E-state index contributed by atoms with van der Waals surface area (Å²) in [5, 5.41) is 16.6. The summed E-state index contributed by atoms with van der Waals surface area (Å²) < 4.78 is 13.4. The Morgan fingerprint density at radius 3 is 2.91 bits per heavy atom. The minimum Gasteiger partial charge on any atom is -0.392 e. The molecule has 0 aromatic heterocycles. The number of aliphatic hydroxyl groups excluding tert-OH is 1. The first-order valence-corrected chi connectivity index (χ1v) is 9.40. The van der Waals surface area contributed by atoms with Crippen LogP contribution in [0.4, 0.5) is 4.39 Å². The van der Waals surface area contributed by atoms with Crippen LogP contribution in [-0.2, 0) is 13.2 Å². The summed E-state index contributed by atoms with van der Waals surface area (Å²) in [7, 11) is 0. The van der Waals surface area contributed by atoms with Gasteiger partial charge in [-0.2, -0.15) is 11.8 Å². The maximum Gasteiger partial charge on any atom is 0.191 e. The number of aliphatic imine (C=N–C) groups is 1. The highest BCUT2D eigenvalue weighted by molar-refractivity contribution is 7.99. The van der Waals surface area contributed by atoms with E-state index in [9.17, 15) is 4.39 Å². The van der Waals surface area contributed by atoms with E-state index >= 15 is 0 Å². The molecule has 1 aliphatic rings. The van der Waals surface area contributed by atoms with Crippen molar-refractivity contribution in [1.82, 2.24) is 10.6 Å². The van der Waals surface area contributed by atoms with Gasteiger partial charge >= 0.3 is 0 Å². The molecule has 23 heavy (non-hydrogen) atoms. The molecule has 1 aromatic rings. The van der Waals surface area contributed by atoms with Crippen molar-refractivity contribution >= 4 is 17.7 Å². The Balaban J connectivity index is 1.98. The number of aliphatic hydroxyl groups is 1.